The van der Waals surface area contributed by atoms with Crippen molar-refractivity contribution in [1.82, 2.24) is 0 Å². The van der Waals surface area contributed by atoms with Crippen LogP contribution >= 0.6 is 0 Å². The van der Waals surface area contributed by atoms with E-state index in [0.29, 0.717) is 19.4 Å². The first-order valence-electron chi connectivity index (χ1n) is 11.4. The van der Waals surface area contributed by atoms with E-state index in [4.69, 9.17) is 0 Å². The van der Waals surface area contributed by atoms with Crippen molar-refractivity contribution >= 4 is 43.5 Å². The van der Waals surface area contributed by atoms with Gasteiger partial charge in [-0.05, 0) is 31.9 Å². The highest BCUT2D eigenvalue weighted by Gasteiger charge is 2.47. The third-order valence-electron chi connectivity index (χ3n) is 6.02. The third-order valence-corrected chi connectivity index (χ3v) is 7.63. The number of aliphatic imine (C=N–C) groups is 1. The van der Waals surface area contributed by atoms with Crippen molar-refractivity contribution in [3.05, 3.63) is 72.3 Å². The fourth-order valence-electron chi connectivity index (χ4n) is 4.44. The van der Waals surface area contributed by atoms with Crippen LogP contribution in [0.1, 0.15) is 38.2 Å². The lowest BCUT2D eigenvalue weighted by molar-refractivity contribution is -0.437. The van der Waals surface area contributed by atoms with Crippen LogP contribution in [0.2, 0.25) is 0 Å². The van der Waals surface area contributed by atoms with E-state index in [2.05, 4.69) is 4.99 Å². The van der Waals surface area contributed by atoms with E-state index in [9.17, 15) is 25.9 Å². The van der Waals surface area contributed by atoms with Gasteiger partial charge in [0.1, 0.15) is 6.54 Å². The van der Waals surface area contributed by atoms with E-state index in [1.54, 1.807) is 6.21 Å². The lowest BCUT2D eigenvalue weighted by Gasteiger charge is -2.22. The van der Waals surface area contributed by atoms with Crippen LogP contribution < -0.4 is 0 Å². The van der Waals surface area contributed by atoms with Crippen molar-refractivity contribution in [3.63, 3.8) is 0 Å². The number of fused-ring (bicyclic) bond motifs is 1. The number of para-hydroxylation sites is 2. The molecule has 0 aliphatic carbocycles. The lowest BCUT2D eigenvalue weighted by Crippen LogP contribution is -2.32. The molecular weight excluding hydrogens is 488 g/mol. The molecule has 0 radical (unpaired) electrons. The molecule has 1 heterocycles. The summed E-state index contributed by atoms with van der Waals surface area (Å²) in [6.07, 6.45) is 7.25. The van der Waals surface area contributed by atoms with Gasteiger partial charge < -0.3 is 0 Å². The van der Waals surface area contributed by atoms with Crippen LogP contribution in [0.25, 0.3) is 0 Å². The molecule has 2 N–H and O–H groups in total. The van der Waals surface area contributed by atoms with Gasteiger partial charge in [0.15, 0.2) is 5.71 Å². The molecule has 0 amide bonds. The fraction of sp³-hybridized carbons (Fsp3) is 0.360. The van der Waals surface area contributed by atoms with Crippen molar-refractivity contribution in [1.29, 1.82) is 0 Å². The molecule has 0 fully saturated rings. The molecule has 0 saturated carbocycles. The van der Waals surface area contributed by atoms with Crippen LogP contribution in [0.3, 0.4) is 0 Å². The first kappa shape index (κ1) is 26.9. The maximum absolute atomic E-state index is 11.3. The van der Waals surface area contributed by atoms with E-state index >= 15 is 0 Å². The highest BCUT2D eigenvalue weighted by Crippen LogP contribution is 2.43. The molecule has 0 bridgehead atoms. The summed E-state index contributed by atoms with van der Waals surface area (Å²) in [6.45, 7) is 2.39. The van der Waals surface area contributed by atoms with Crippen LogP contribution in [0.4, 0.5) is 11.4 Å². The Morgan fingerprint density at radius 3 is 2.23 bits per heavy atom. The maximum Gasteiger partial charge on any atom is 0.265 e. The molecule has 0 aromatic heterocycles. The molecule has 1 unspecified atom stereocenters. The molecule has 188 valence electrons. The van der Waals surface area contributed by atoms with Crippen LogP contribution in [-0.4, -0.2) is 60.5 Å². The number of benzene rings is 2. The van der Waals surface area contributed by atoms with Gasteiger partial charge in [0, 0.05) is 36.8 Å². The number of allylic oxidation sites excluding steroid dienone is 2. The van der Waals surface area contributed by atoms with Crippen LogP contribution in [0.5, 0.6) is 0 Å². The summed E-state index contributed by atoms with van der Waals surface area (Å²) in [5, 5.41) is 0. The molecule has 1 aliphatic heterocycles. The zero-order valence-electron chi connectivity index (χ0n) is 19.6. The predicted molar refractivity (Wildman–Crippen MR) is 139 cm³/mol. The number of nitrogens with zero attached hydrogens (tertiary/aromatic N) is 2. The number of hydrogen-bond acceptors (Lipinski definition) is 5. The number of rotatable bonds is 12. The average molecular weight is 520 g/mol. The van der Waals surface area contributed by atoms with Crippen LogP contribution in [0.15, 0.2) is 71.7 Å². The Kier molecular flexibility index (Phi) is 8.76. The molecule has 2 aromatic carbocycles. The topological polar surface area (TPSA) is 124 Å². The summed E-state index contributed by atoms with van der Waals surface area (Å²) >= 11 is 0. The molecule has 1 aliphatic rings. The van der Waals surface area contributed by atoms with Crippen molar-refractivity contribution in [3.8, 4) is 0 Å². The Balaban J connectivity index is 1.91. The normalized spacial score (nSPS) is 18.6. The quantitative estimate of drug-likeness (QED) is 0.244. The molecule has 0 saturated heterocycles. The van der Waals surface area contributed by atoms with Gasteiger partial charge in [0.05, 0.1) is 22.6 Å². The maximum atomic E-state index is 11.3. The molecular formula is C25H31N2O6S2+. The first-order chi connectivity index (χ1) is 16.5. The summed E-state index contributed by atoms with van der Waals surface area (Å²) < 4.78 is 65.6. The summed E-state index contributed by atoms with van der Waals surface area (Å²) in [7, 11) is -8.17. The first-order valence-corrected chi connectivity index (χ1v) is 14.6. The van der Waals surface area contributed by atoms with Gasteiger partial charge in [-0.15, -0.1) is 0 Å². The minimum atomic E-state index is -4.09. The minimum absolute atomic E-state index is 0.223. The Morgan fingerprint density at radius 2 is 1.54 bits per heavy atom. The smallest absolute Gasteiger partial charge is 0.265 e. The Labute approximate surface area is 207 Å². The molecule has 1 atom stereocenters. The van der Waals surface area contributed by atoms with Crippen molar-refractivity contribution in [2.24, 2.45) is 4.99 Å². The molecule has 2 aromatic rings. The Bertz CT molecular complexity index is 1330. The minimum Gasteiger partial charge on any atom is -0.286 e. The molecule has 3 rings (SSSR count). The summed E-state index contributed by atoms with van der Waals surface area (Å²) in [4.78, 5) is 4.43. The van der Waals surface area contributed by atoms with Crippen molar-refractivity contribution in [2.75, 3.05) is 18.1 Å². The second-order valence-electron chi connectivity index (χ2n) is 8.70. The standard InChI is InChI=1S/C25H30N2O6S2/c1-25(16-9-19-34(28,29)30)22-13-5-6-14-23(22)27(18-10-20-35(31,32)33)24(25)15-7-8-17-26-21-11-3-2-4-12-21/h2-7,11-15,17H,8-10,16,18-20H2,1H3,(H-,28,29,30,31,32,33)/p+1. The van der Waals surface area contributed by atoms with Gasteiger partial charge in [-0.25, -0.2) is 0 Å². The predicted octanol–water partition coefficient (Wildman–Crippen LogP) is 4.34. The SMILES string of the molecule is CC1(CCCS(=O)(=O)O)C(C=CCC=Nc2ccccc2)=[N+](CCCS(=O)(=O)O)c2ccccc21. The second-order valence-corrected chi connectivity index (χ2v) is 11.8. The van der Waals surface area contributed by atoms with Gasteiger partial charge >= 0.3 is 0 Å². The lowest BCUT2D eigenvalue weighted by atomic mass is 9.76. The van der Waals surface area contributed by atoms with Gasteiger partial charge in [0.25, 0.3) is 20.2 Å². The highest BCUT2D eigenvalue weighted by molar-refractivity contribution is 7.86. The van der Waals surface area contributed by atoms with E-state index in [0.717, 1.165) is 22.6 Å². The van der Waals surface area contributed by atoms with Gasteiger partial charge in [-0.3, -0.25) is 14.1 Å². The van der Waals surface area contributed by atoms with E-state index in [1.165, 1.54) is 0 Å². The van der Waals surface area contributed by atoms with Crippen molar-refractivity contribution < 1.29 is 30.5 Å². The summed E-state index contributed by atoms with van der Waals surface area (Å²) in [5.41, 5.74) is 3.11. The number of hydrogen-bond donors (Lipinski definition) is 2. The summed E-state index contributed by atoms with van der Waals surface area (Å²) in [6, 6.07) is 17.3. The van der Waals surface area contributed by atoms with Gasteiger partial charge in [-0.1, -0.05) is 42.5 Å². The van der Waals surface area contributed by atoms with Crippen molar-refractivity contribution in [2.45, 2.75) is 38.0 Å². The van der Waals surface area contributed by atoms with E-state index < -0.39 is 25.7 Å². The van der Waals surface area contributed by atoms with Crippen LogP contribution in [0, 0.1) is 0 Å². The molecule has 35 heavy (non-hydrogen) atoms. The Hall–Kier alpha value is -2.66. The van der Waals surface area contributed by atoms with E-state index in [-0.39, 0.29) is 24.3 Å². The monoisotopic (exact) mass is 519 g/mol. The second kappa shape index (κ2) is 11.4. The molecule has 8 nitrogen and oxygen atoms in total. The van der Waals surface area contributed by atoms with Crippen LogP contribution in [-0.2, 0) is 25.7 Å². The average Bonchev–Trinajstić information content (AvgIpc) is 3.01. The van der Waals surface area contributed by atoms with Gasteiger partial charge in [0.2, 0.25) is 5.69 Å². The zero-order chi connectivity index (χ0) is 25.5. The summed E-state index contributed by atoms with van der Waals surface area (Å²) in [5.74, 6) is -0.694. The Morgan fingerprint density at radius 1 is 0.914 bits per heavy atom. The highest BCUT2D eigenvalue weighted by atomic mass is 32.2. The molecule has 0 spiro atoms. The largest absolute Gasteiger partial charge is 0.286 e. The van der Waals surface area contributed by atoms with Gasteiger partial charge in [-0.2, -0.15) is 21.4 Å². The zero-order valence-corrected chi connectivity index (χ0v) is 21.2. The third kappa shape index (κ3) is 7.66. The molecule has 10 heteroatoms. The fourth-order valence-corrected chi connectivity index (χ4v) is 5.45. The van der Waals surface area contributed by atoms with E-state index in [1.807, 2.05) is 78.2 Å².